The molecule has 0 aliphatic heterocycles. The van der Waals surface area contributed by atoms with Crippen molar-refractivity contribution in [2.24, 2.45) is 0 Å². The molecule has 0 saturated heterocycles. The molecule has 0 atom stereocenters. The summed E-state index contributed by atoms with van der Waals surface area (Å²) in [6.07, 6.45) is 0. The molecule has 0 unspecified atom stereocenters. The van der Waals surface area contributed by atoms with Gasteiger partial charge in [0.2, 0.25) is 5.88 Å². The third-order valence-electron chi connectivity index (χ3n) is 1.79. The molecule has 1 rings (SSSR count). The van der Waals surface area contributed by atoms with Gasteiger partial charge in [-0.15, -0.1) is 0 Å². The minimum Gasteiger partial charge on any atom is -1.00 e. The summed E-state index contributed by atoms with van der Waals surface area (Å²) in [6, 6.07) is 1.86. The molecular formula is C10H18ClN3O. The summed E-state index contributed by atoms with van der Waals surface area (Å²) >= 11 is 0. The average molecular weight is 232 g/mol. The van der Waals surface area contributed by atoms with Crippen LogP contribution in [-0.2, 0) is 0 Å². The first-order chi connectivity index (χ1) is 6.58. The lowest BCUT2D eigenvalue weighted by Crippen LogP contribution is -3.06. The van der Waals surface area contributed by atoms with Gasteiger partial charge in [-0.3, -0.25) is 0 Å². The maximum atomic E-state index is 5.51. The zero-order chi connectivity index (χ0) is 10.6. The number of likely N-dealkylation sites (N-methyl/N-ethyl adjacent to an activating group) is 1. The van der Waals surface area contributed by atoms with Crippen molar-refractivity contribution in [2.75, 3.05) is 27.2 Å². The van der Waals surface area contributed by atoms with E-state index in [0.29, 0.717) is 12.5 Å². The van der Waals surface area contributed by atoms with E-state index in [1.54, 1.807) is 0 Å². The van der Waals surface area contributed by atoms with Crippen LogP contribution in [0, 0.1) is 13.8 Å². The molecule has 1 aromatic heterocycles. The number of hydrogen-bond acceptors (Lipinski definition) is 3. The molecular weight excluding hydrogens is 214 g/mol. The first kappa shape index (κ1) is 14.1. The SMILES string of the molecule is Cc1cc(OCC[NH+](C)C)nc(C)n1.[Cl-]. The smallest absolute Gasteiger partial charge is 0.217 e. The lowest BCUT2D eigenvalue weighted by atomic mass is 10.4. The highest BCUT2D eigenvalue weighted by molar-refractivity contribution is 5.14. The van der Waals surface area contributed by atoms with Crippen molar-refractivity contribution in [1.82, 2.24) is 9.97 Å². The second-order valence-electron chi connectivity index (χ2n) is 3.70. The second-order valence-corrected chi connectivity index (χ2v) is 3.70. The maximum Gasteiger partial charge on any atom is 0.217 e. The van der Waals surface area contributed by atoms with Gasteiger partial charge < -0.3 is 22.0 Å². The summed E-state index contributed by atoms with van der Waals surface area (Å²) in [4.78, 5) is 9.74. The molecule has 0 aliphatic rings. The van der Waals surface area contributed by atoms with E-state index >= 15 is 0 Å². The third-order valence-corrected chi connectivity index (χ3v) is 1.79. The van der Waals surface area contributed by atoms with E-state index < -0.39 is 0 Å². The predicted octanol–water partition coefficient (Wildman–Crippen LogP) is -3.38. The van der Waals surface area contributed by atoms with Gasteiger partial charge in [0, 0.05) is 11.8 Å². The van der Waals surface area contributed by atoms with Gasteiger partial charge in [0.15, 0.2) is 0 Å². The van der Waals surface area contributed by atoms with Crippen molar-refractivity contribution >= 4 is 0 Å². The number of quaternary nitrogens is 1. The normalized spacial score (nSPS) is 9.93. The Morgan fingerprint density at radius 2 is 1.93 bits per heavy atom. The fourth-order valence-electron chi connectivity index (χ4n) is 1.12. The molecule has 0 spiro atoms. The van der Waals surface area contributed by atoms with Crippen LogP contribution in [0.1, 0.15) is 11.5 Å². The number of nitrogens with zero attached hydrogens (tertiary/aromatic N) is 2. The van der Waals surface area contributed by atoms with Gasteiger partial charge in [0.05, 0.1) is 14.1 Å². The Morgan fingerprint density at radius 3 is 2.47 bits per heavy atom. The van der Waals surface area contributed by atoms with E-state index in [1.807, 2.05) is 19.9 Å². The summed E-state index contributed by atoms with van der Waals surface area (Å²) in [6.45, 7) is 5.48. The monoisotopic (exact) mass is 231 g/mol. The molecule has 86 valence electrons. The summed E-state index contributed by atoms with van der Waals surface area (Å²) < 4.78 is 5.51. The lowest BCUT2D eigenvalue weighted by molar-refractivity contribution is -0.858. The quantitative estimate of drug-likeness (QED) is 0.588. The molecule has 0 radical (unpaired) electrons. The van der Waals surface area contributed by atoms with Crippen molar-refractivity contribution in [3.63, 3.8) is 0 Å². The van der Waals surface area contributed by atoms with Gasteiger partial charge in [-0.2, -0.15) is 4.98 Å². The number of rotatable bonds is 4. The molecule has 0 fully saturated rings. The van der Waals surface area contributed by atoms with Crippen LogP contribution in [0.15, 0.2) is 6.07 Å². The molecule has 0 bridgehead atoms. The van der Waals surface area contributed by atoms with E-state index in [9.17, 15) is 0 Å². The summed E-state index contributed by atoms with van der Waals surface area (Å²) in [5.74, 6) is 1.44. The van der Waals surface area contributed by atoms with Crippen LogP contribution in [0.25, 0.3) is 0 Å². The van der Waals surface area contributed by atoms with E-state index in [1.165, 1.54) is 4.90 Å². The Kier molecular flexibility index (Phi) is 6.20. The number of nitrogens with one attached hydrogen (secondary N) is 1. The molecule has 5 heteroatoms. The van der Waals surface area contributed by atoms with Crippen LogP contribution in [0.4, 0.5) is 0 Å². The Morgan fingerprint density at radius 1 is 1.27 bits per heavy atom. The second kappa shape index (κ2) is 6.58. The zero-order valence-corrected chi connectivity index (χ0v) is 10.4. The van der Waals surface area contributed by atoms with Gasteiger partial charge in [-0.05, 0) is 13.8 Å². The minimum absolute atomic E-state index is 0. The fraction of sp³-hybridized carbons (Fsp3) is 0.600. The Labute approximate surface area is 97.1 Å². The van der Waals surface area contributed by atoms with Crippen LogP contribution in [0.5, 0.6) is 5.88 Å². The first-order valence-electron chi connectivity index (χ1n) is 4.82. The molecule has 0 saturated carbocycles. The fourth-order valence-corrected chi connectivity index (χ4v) is 1.12. The van der Waals surface area contributed by atoms with Gasteiger partial charge >= 0.3 is 0 Å². The summed E-state index contributed by atoms with van der Waals surface area (Å²) in [7, 11) is 4.19. The van der Waals surface area contributed by atoms with Crippen LogP contribution < -0.4 is 22.0 Å². The third kappa shape index (κ3) is 5.54. The largest absolute Gasteiger partial charge is 1.00 e. The van der Waals surface area contributed by atoms with Crippen LogP contribution in [0.2, 0.25) is 0 Å². The van der Waals surface area contributed by atoms with E-state index in [2.05, 4.69) is 24.1 Å². The first-order valence-corrected chi connectivity index (χ1v) is 4.82. The highest BCUT2D eigenvalue weighted by Crippen LogP contribution is 2.07. The average Bonchev–Trinajstić information content (AvgIpc) is 2.01. The van der Waals surface area contributed by atoms with Gasteiger partial charge in [-0.25, -0.2) is 4.98 Å². The maximum absolute atomic E-state index is 5.51. The Balaban J connectivity index is 0.00000196. The highest BCUT2D eigenvalue weighted by Gasteiger charge is 2.00. The van der Waals surface area contributed by atoms with Gasteiger partial charge in [0.1, 0.15) is 19.0 Å². The molecule has 4 nitrogen and oxygen atoms in total. The standard InChI is InChI=1S/C10H17N3O.ClH/c1-8-7-10(12-9(2)11-8)14-6-5-13(3)4;/h7H,5-6H2,1-4H3;1H. The molecule has 15 heavy (non-hydrogen) atoms. The molecule has 1 N–H and O–H groups in total. The number of aromatic nitrogens is 2. The van der Waals surface area contributed by atoms with Crippen molar-refractivity contribution in [1.29, 1.82) is 0 Å². The Hall–Kier alpha value is -0.870. The van der Waals surface area contributed by atoms with E-state index in [4.69, 9.17) is 4.74 Å². The topological polar surface area (TPSA) is 39.5 Å². The summed E-state index contributed by atoms with van der Waals surface area (Å²) in [5, 5.41) is 0. The highest BCUT2D eigenvalue weighted by atomic mass is 35.5. The van der Waals surface area contributed by atoms with Crippen molar-refractivity contribution in [3.05, 3.63) is 17.6 Å². The van der Waals surface area contributed by atoms with Crippen molar-refractivity contribution < 1.29 is 22.0 Å². The van der Waals surface area contributed by atoms with Crippen LogP contribution in [0.3, 0.4) is 0 Å². The number of halogens is 1. The predicted molar refractivity (Wildman–Crippen MR) is 54.7 cm³/mol. The number of hydrogen-bond donors (Lipinski definition) is 1. The number of ether oxygens (including phenoxy) is 1. The van der Waals surface area contributed by atoms with E-state index in [0.717, 1.165) is 18.1 Å². The van der Waals surface area contributed by atoms with Crippen LogP contribution >= 0.6 is 0 Å². The van der Waals surface area contributed by atoms with Crippen molar-refractivity contribution in [2.45, 2.75) is 13.8 Å². The number of aryl methyl sites for hydroxylation is 2. The zero-order valence-electron chi connectivity index (χ0n) is 9.67. The molecule has 0 aliphatic carbocycles. The minimum atomic E-state index is 0. The van der Waals surface area contributed by atoms with Gasteiger partial charge in [-0.1, -0.05) is 0 Å². The lowest BCUT2D eigenvalue weighted by Gasteiger charge is -2.08. The molecule has 0 aromatic carbocycles. The van der Waals surface area contributed by atoms with Gasteiger partial charge in [0.25, 0.3) is 0 Å². The van der Waals surface area contributed by atoms with Crippen LogP contribution in [-0.4, -0.2) is 37.2 Å². The molecule has 0 amide bonds. The molecule has 1 aromatic rings. The molecule has 1 heterocycles. The Bertz CT molecular complexity index is 284. The summed E-state index contributed by atoms with van der Waals surface area (Å²) in [5.41, 5.74) is 0.949. The van der Waals surface area contributed by atoms with E-state index in [-0.39, 0.29) is 12.4 Å². The van der Waals surface area contributed by atoms with Crippen molar-refractivity contribution in [3.8, 4) is 5.88 Å².